The summed E-state index contributed by atoms with van der Waals surface area (Å²) in [5, 5.41) is 14.6. The largest absolute Gasteiger partial charge is 0.409 e. The predicted octanol–water partition coefficient (Wildman–Crippen LogP) is 1.38. The van der Waals surface area contributed by atoms with Crippen LogP contribution < -0.4 is 11.1 Å². The Balaban J connectivity index is 2.75. The average molecular weight is 271 g/mol. The highest BCUT2D eigenvalue weighted by Gasteiger charge is 2.17. The highest BCUT2D eigenvalue weighted by Crippen LogP contribution is 2.06. The van der Waals surface area contributed by atoms with E-state index in [0.717, 1.165) is 6.42 Å². The second-order valence-corrected chi connectivity index (χ2v) is 4.14. The molecule has 0 spiro atoms. The highest BCUT2D eigenvalue weighted by atomic mass is 35.5. The number of halogens is 1. The molecule has 0 saturated carbocycles. The fraction of sp³-hybridized carbons (Fsp3) is 0.364. The first kappa shape index (κ1) is 14.2. The average Bonchev–Trinajstić information content (AvgIpc) is 2.38. The summed E-state index contributed by atoms with van der Waals surface area (Å²) in [4.78, 5) is 15.7. The van der Waals surface area contributed by atoms with Gasteiger partial charge in [0.2, 0.25) is 0 Å². The molecule has 1 rings (SSSR count). The number of pyridine rings is 1. The van der Waals surface area contributed by atoms with Crippen LogP contribution in [0.4, 0.5) is 0 Å². The third-order valence-electron chi connectivity index (χ3n) is 2.32. The van der Waals surface area contributed by atoms with Crippen molar-refractivity contribution in [3.8, 4) is 0 Å². The standard InChI is InChI=1S/C11H15ClN4O2/c1-2-3-8(10(13)16-18)15-11(17)9-5-4-7(12)6-14-9/h4-6,8,18H,2-3H2,1H3,(H2,13,16)(H,15,17). The molecule has 18 heavy (non-hydrogen) atoms. The van der Waals surface area contributed by atoms with Crippen LogP contribution in [0.25, 0.3) is 0 Å². The third-order valence-corrected chi connectivity index (χ3v) is 2.54. The molecule has 0 aliphatic heterocycles. The van der Waals surface area contributed by atoms with Crippen LogP contribution in [0, 0.1) is 0 Å². The zero-order valence-electron chi connectivity index (χ0n) is 9.93. The Morgan fingerprint density at radius 2 is 2.39 bits per heavy atom. The number of carbonyl (C=O) groups is 1. The van der Waals surface area contributed by atoms with Gasteiger partial charge in [0.15, 0.2) is 5.84 Å². The molecule has 0 aromatic carbocycles. The molecule has 0 bridgehead atoms. The van der Waals surface area contributed by atoms with Crippen molar-refractivity contribution in [2.45, 2.75) is 25.8 Å². The smallest absolute Gasteiger partial charge is 0.270 e. The molecule has 1 heterocycles. The van der Waals surface area contributed by atoms with E-state index in [2.05, 4.69) is 15.5 Å². The van der Waals surface area contributed by atoms with Crippen LogP contribution in [0.1, 0.15) is 30.3 Å². The number of amides is 1. The molecular weight excluding hydrogens is 256 g/mol. The number of carbonyl (C=O) groups excluding carboxylic acids is 1. The minimum absolute atomic E-state index is 0.0286. The summed E-state index contributed by atoms with van der Waals surface area (Å²) in [6, 6.07) is 2.57. The first-order valence-corrected chi connectivity index (χ1v) is 5.86. The van der Waals surface area contributed by atoms with E-state index in [1.807, 2.05) is 6.92 Å². The summed E-state index contributed by atoms with van der Waals surface area (Å²) >= 11 is 5.68. The fourth-order valence-electron chi connectivity index (χ4n) is 1.39. The molecule has 6 nitrogen and oxygen atoms in total. The van der Waals surface area contributed by atoms with Crippen LogP contribution in [-0.4, -0.2) is 28.0 Å². The van der Waals surface area contributed by atoms with Crippen molar-refractivity contribution in [3.63, 3.8) is 0 Å². The number of nitrogens with two attached hydrogens (primary N) is 1. The maximum absolute atomic E-state index is 11.9. The van der Waals surface area contributed by atoms with Crippen LogP contribution >= 0.6 is 11.6 Å². The zero-order chi connectivity index (χ0) is 13.5. The lowest BCUT2D eigenvalue weighted by molar-refractivity contribution is 0.0940. The number of aromatic nitrogens is 1. The van der Waals surface area contributed by atoms with E-state index in [9.17, 15) is 4.79 Å². The molecule has 1 atom stereocenters. The summed E-state index contributed by atoms with van der Waals surface area (Å²) in [5.74, 6) is -0.420. The van der Waals surface area contributed by atoms with Crippen LogP contribution in [0.3, 0.4) is 0 Å². The summed E-state index contributed by atoms with van der Waals surface area (Å²) in [6.45, 7) is 1.93. The SMILES string of the molecule is CCCC(NC(=O)c1ccc(Cl)cn1)C(N)=NO. The van der Waals surface area contributed by atoms with Crippen LogP contribution in [0.15, 0.2) is 23.5 Å². The Labute approximate surface area is 110 Å². The second-order valence-electron chi connectivity index (χ2n) is 3.70. The van der Waals surface area contributed by atoms with Gasteiger partial charge in [-0.05, 0) is 18.6 Å². The zero-order valence-corrected chi connectivity index (χ0v) is 10.7. The van der Waals surface area contributed by atoms with Crippen molar-refractivity contribution in [2.75, 3.05) is 0 Å². The Morgan fingerprint density at radius 1 is 1.67 bits per heavy atom. The van der Waals surface area contributed by atoms with Gasteiger partial charge in [0.25, 0.3) is 5.91 Å². The van der Waals surface area contributed by atoms with Crippen LogP contribution in [0.2, 0.25) is 5.02 Å². The van der Waals surface area contributed by atoms with Crippen molar-refractivity contribution in [3.05, 3.63) is 29.0 Å². The lowest BCUT2D eigenvalue weighted by Crippen LogP contribution is -2.44. The summed E-state index contributed by atoms with van der Waals surface area (Å²) < 4.78 is 0. The second kappa shape index (κ2) is 6.80. The first-order chi connectivity index (χ1) is 8.58. The molecule has 0 aliphatic carbocycles. The van der Waals surface area contributed by atoms with Gasteiger partial charge >= 0.3 is 0 Å². The number of oxime groups is 1. The van der Waals surface area contributed by atoms with Crippen LogP contribution in [-0.2, 0) is 0 Å². The van der Waals surface area contributed by atoms with Gasteiger partial charge in [-0.15, -0.1) is 0 Å². The van der Waals surface area contributed by atoms with E-state index in [4.69, 9.17) is 22.5 Å². The molecule has 98 valence electrons. The molecule has 1 unspecified atom stereocenters. The topological polar surface area (TPSA) is 101 Å². The van der Waals surface area contributed by atoms with Crippen molar-refractivity contribution in [1.29, 1.82) is 0 Å². The number of amidine groups is 1. The van der Waals surface area contributed by atoms with Gasteiger partial charge in [-0.3, -0.25) is 4.79 Å². The summed E-state index contributed by atoms with van der Waals surface area (Å²) in [6.07, 6.45) is 2.75. The Bertz CT molecular complexity index is 433. The molecule has 1 amide bonds. The molecule has 0 aliphatic rings. The Kier molecular flexibility index (Phi) is 5.38. The van der Waals surface area contributed by atoms with E-state index < -0.39 is 11.9 Å². The minimum Gasteiger partial charge on any atom is -0.409 e. The quantitative estimate of drug-likeness (QED) is 0.326. The normalized spacial score (nSPS) is 13.1. The van der Waals surface area contributed by atoms with E-state index in [1.54, 1.807) is 6.07 Å². The molecule has 1 aromatic heterocycles. The van der Waals surface area contributed by atoms with Crippen molar-refractivity contribution in [2.24, 2.45) is 10.9 Å². The van der Waals surface area contributed by atoms with Gasteiger partial charge in [0, 0.05) is 6.20 Å². The lowest BCUT2D eigenvalue weighted by atomic mass is 10.1. The molecule has 1 aromatic rings. The first-order valence-electron chi connectivity index (χ1n) is 5.48. The Hall–Kier alpha value is -1.82. The fourth-order valence-corrected chi connectivity index (χ4v) is 1.51. The van der Waals surface area contributed by atoms with Gasteiger partial charge in [0.05, 0.1) is 11.1 Å². The molecular formula is C11H15ClN4O2. The maximum atomic E-state index is 11.9. The predicted molar refractivity (Wildman–Crippen MR) is 68.8 cm³/mol. The summed E-state index contributed by atoms with van der Waals surface area (Å²) in [5.41, 5.74) is 5.73. The van der Waals surface area contributed by atoms with Gasteiger partial charge in [-0.25, -0.2) is 4.98 Å². The number of nitrogens with zero attached hydrogens (tertiary/aromatic N) is 2. The van der Waals surface area contributed by atoms with E-state index in [0.29, 0.717) is 11.4 Å². The van der Waals surface area contributed by atoms with E-state index in [1.165, 1.54) is 12.3 Å². The Morgan fingerprint density at radius 3 is 2.89 bits per heavy atom. The van der Waals surface area contributed by atoms with E-state index >= 15 is 0 Å². The van der Waals surface area contributed by atoms with Crippen molar-refractivity contribution in [1.82, 2.24) is 10.3 Å². The summed E-state index contributed by atoms with van der Waals surface area (Å²) in [7, 11) is 0. The monoisotopic (exact) mass is 270 g/mol. The number of hydrogen-bond donors (Lipinski definition) is 3. The number of nitrogens with one attached hydrogen (secondary N) is 1. The van der Waals surface area contributed by atoms with Gasteiger partial charge in [0.1, 0.15) is 5.69 Å². The van der Waals surface area contributed by atoms with Crippen LogP contribution in [0.5, 0.6) is 0 Å². The molecule has 0 saturated heterocycles. The molecule has 0 fully saturated rings. The van der Waals surface area contributed by atoms with Gasteiger partial charge < -0.3 is 16.3 Å². The maximum Gasteiger partial charge on any atom is 0.270 e. The third kappa shape index (κ3) is 3.89. The lowest BCUT2D eigenvalue weighted by Gasteiger charge is -2.16. The number of hydrogen-bond acceptors (Lipinski definition) is 4. The number of rotatable bonds is 5. The van der Waals surface area contributed by atoms with Crippen molar-refractivity contribution < 1.29 is 10.0 Å². The molecule has 0 radical (unpaired) electrons. The van der Waals surface area contributed by atoms with E-state index in [-0.39, 0.29) is 11.5 Å². The highest BCUT2D eigenvalue weighted by molar-refractivity contribution is 6.30. The van der Waals surface area contributed by atoms with Crippen molar-refractivity contribution >= 4 is 23.3 Å². The van der Waals surface area contributed by atoms with Gasteiger partial charge in [-0.2, -0.15) is 0 Å². The van der Waals surface area contributed by atoms with Gasteiger partial charge in [-0.1, -0.05) is 30.1 Å². The molecule has 7 heteroatoms. The molecule has 4 N–H and O–H groups in total. The minimum atomic E-state index is -0.509.